The predicted octanol–water partition coefficient (Wildman–Crippen LogP) is 3.24. The van der Waals surface area contributed by atoms with Gasteiger partial charge in [-0.1, -0.05) is 6.58 Å². The standard InChI is InChI=1S/C21H41NO7Si/c1-5-20(23)25-17-11-9-10-12-18-26-21(24)14-16-22-15-13-19-30(27-6-2,28-7-3)29-8-4/h5,22H,1,6-19H2,2-4H3. The Labute approximate surface area is 183 Å². The summed E-state index contributed by atoms with van der Waals surface area (Å²) in [5, 5.41) is 3.26. The Hall–Kier alpha value is -1.26. The number of rotatable bonds is 21. The summed E-state index contributed by atoms with van der Waals surface area (Å²) < 4.78 is 27.6. The third-order valence-electron chi connectivity index (χ3n) is 4.15. The van der Waals surface area contributed by atoms with Gasteiger partial charge in [-0.15, -0.1) is 0 Å². The molecule has 0 aromatic rings. The summed E-state index contributed by atoms with van der Waals surface area (Å²) in [4.78, 5) is 22.6. The minimum Gasteiger partial charge on any atom is -0.466 e. The highest BCUT2D eigenvalue weighted by atomic mass is 28.4. The molecule has 0 amide bonds. The Bertz CT molecular complexity index is 446. The largest absolute Gasteiger partial charge is 0.500 e. The molecular formula is C21H41NO7Si. The third-order valence-corrected chi connectivity index (χ3v) is 7.30. The van der Waals surface area contributed by atoms with E-state index in [-0.39, 0.29) is 5.97 Å². The average Bonchev–Trinajstić information content (AvgIpc) is 2.72. The number of ether oxygens (including phenoxy) is 2. The lowest BCUT2D eigenvalue weighted by Crippen LogP contribution is -2.46. The van der Waals surface area contributed by atoms with Gasteiger partial charge in [0.05, 0.1) is 19.6 Å². The normalized spacial score (nSPS) is 11.3. The quantitative estimate of drug-likeness (QED) is 0.124. The maximum atomic E-state index is 11.8. The van der Waals surface area contributed by atoms with Crippen LogP contribution in [-0.2, 0) is 32.3 Å². The van der Waals surface area contributed by atoms with Gasteiger partial charge in [-0.2, -0.15) is 0 Å². The molecule has 0 aliphatic heterocycles. The van der Waals surface area contributed by atoms with Crippen LogP contribution in [0.2, 0.25) is 6.04 Å². The van der Waals surface area contributed by atoms with Gasteiger partial charge < -0.3 is 28.1 Å². The van der Waals surface area contributed by atoms with Crippen LogP contribution in [0.1, 0.15) is 59.3 Å². The van der Waals surface area contributed by atoms with Crippen LogP contribution >= 0.6 is 0 Å². The van der Waals surface area contributed by atoms with E-state index in [1.807, 2.05) is 20.8 Å². The molecule has 0 rings (SSSR count). The van der Waals surface area contributed by atoms with E-state index >= 15 is 0 Å². The zero-order valence-corrected chi connectivity index (χ0v) is 20.0. The van der Waals surface area contributed by atoms with E-state index in [1.165, 1.54) is 0 Å². The molecule has 30 heavy (non-hydrogen) atoms. The summed E-state index contributed by atoms with van der Waals surface area (Å²) in [7, 11) is -2.58. The van der Waals surface area contributed by atoms with Crippen LogP contribution in [0.3, 0.4) is 0 Å². The van der Waals surface area contributed by atoms with E-state index in [4.69, 9.17) is 22.8 Å². The van der Waals surface area contributed by atoms with Gasteiger partial charge in [0.25, 0.3) is 0 Å². The molecule has 0 saturated heterocycles. The summed E-state index contributed by atoms with van der Waals surface area (Å²) >= 11 is 0. The van der Waals surface area contributed by atoms with Crippen molar-refractivity contribution in [3.8, 4) is 0 Å². The first-order valence-electron chi connectivity index (χ1n) is 11.1. The summed E-state index contributed by atoms with van der Waals surface area (Å²) in [6.45, 7) is 13.1. The van der Waals surface area contributed by atoms with Crippen molar-refractivity contribution in [1.29, 1.82) is 0 Å². The summed E-state index contributed by atoms with van der Waals surface area (Å²) in [6.07, 6.45) is 5.85. The Morgan fingerprint density at radius 1 is 0.833 bits per heavy atom. The molecule has 0 atom stereocenters. The minimum atomic E-state index is -2.58. The maximum Gasteiger partial charge on any atom is 0.500 e. The van der Waals surface area contributed by atoms with Gasteiger partial charge in [-0.3, -0.25) is 4.79 Å². The van der Waals surface area contributed by atoms with Crippen LogP contribution < -0.4 is 5.32 Å². The van der Waals surface area contributed by atoms with Crippen molar-refractivity contribution in [3.63, 3.8) is 0 Å². The van der Waals surface area contributed by atoms with Crippen molar-refractivity contribution >= 4 is 20.7 Å². The molecular weight excluding hydrogens is 406 g/mol. The zero-order chi connectivity index (χ0) is 22.5. The molecule has 0 aliphatic carbocycles. The van der Waals surface area contributed by atoms with Gasteiger partial charge in [0, 0.05) is 38.5 Å². The highest BCUT2D eigenvalue weighted by molar-refractivity contribution is 6.60. The third kappa shape index (κ3) is 15.6. The second-order valence-corrected chi connectivity index (χ2v) is 9.32. The lowest BCUT2D eigenvalue weighted by molar-refractivity contribution is -0.143. The van der Waals surface area contributed by atoms with Gasteiger partial charge in [0.2, 0.25) is 0 Å². The van der Waals surface area contributed by atoms with Crippen molar-refractivity contribution in [2.45, 2.75) is 65.3 Å². The fraction of sp³-hybridized carbons (Fsp3) is 0.810. The van der Waals surface area contributed by atoms with Gasteiger partial charge in [0.15, 0.2) is 0 Å². The second kappa shape index (κ2) is 19.7. The van der Waals surface area contributed by atoms with Crippen LogP contribution in [0.5, 0.6) is 0 Å². The maximum absolute atomic E-state index is 11.8. The van der Waals surface area contributed by atoms with Crippen molar-refractivity contribution in [3.05, 3.63) is 12.7 Å². The van der Waals surface area contributed by atoms with Gasteiger partial charge >= 0.3 is 20.7 Å². The van der Waals surface area contributed by atoms with Crippen LogP contribution in [0.4, 0.5) is 0 Å². The van der Waals surface area contributed by atoms with Gasteiger partial charge in [-0.05, 0) is 59.4 Å². The first-order chi connectivity index (χ1) is 14.5. The number of esters is 2. The lowest BCUT2D eigenvalue weighted by atomic mass is 10.2. The molecule has 0 saturated carbocycles. The van der Waals surface area contributed by atoms with Crippen LogP contribution in [0.25, 0.3) is 0 Å². The first-order valence-corrected chi connectivity index (χ1v) is 13.0. The molecule has 0 fully saturated rings. The molecule has 8 nitrogen and oxygen atoms in total. The van der Waals surface area contributed by atoms with Crippen molar-refractivity contribution < 1.29 is 32.3 Å². The minimum absolute atomic E-state index is 0.191. The van der Waals surface area contributed by atoms with E-state index in [9.17, 15) is 9.59 Å². The monoisotopic (exact) mass is 447 g/mol. The lowest BCUT2D eigenvalue weighted by Gasteiger charge is -2.28. The Balaban J connectivity index is 3.68. The molecule has 0 bridgehead atoms. The van der Waals surface area contributed by atoms with E-state index in [1.54, 1.807) is 0 Å². The molecule has 176 valence electrons. The zero-order valence-electron chi connectivity index (χ0n) is 19.0. The van der Waals surface area contributed by atoms with E-state index in [2.05, 4.69) is 11.9 Å². The number of carbonyl (C=O) groups excluding carboxylic acids is 2. The first kappa shape index (κ1) is 28.7. The number of hydrogen-bond acceptors (Lipinski definition) is 8. The average molecular weight is 448 g/mol. The highest BCUT2D eigenvalue weighted by Crippen LogP contribution is 2.17. The van der Waals surface area contributed by atoms with E-state index in [0.717, 1.165) is 50.8 Å². The molecule has 0 aromatic carbocycles. The fourth-order valence-corrected chi connectivity index (χ4v) is 5.41. The van der Waals surface area contributed by atoms with E-state index in [0.29, 0.717) is 46.0 Å². The Morgan fingerprint density at radius 3 is 1.93 bits per heavy atom. The van der Waals surface area contributed by atoms with Gasteiger partial charge in [0.1, 0.15) is 0 Å². The number of carbonyl (C=O) groups is 2. The van der Waals surface area contributed by atoms with Crippen molar-refractivity contribution in [1.82, 2.24) is 5.32 Å². The summed E-state index contributed by atoms with van der Waals surface area (Å²) in [5.41, 5.74) is 0. The summed E-state index contributed by atoms with van der Waals surface area (Å²) in [5.74, 6) is -0.582. The van der Waals surface area contributed by atoms with Crippen LogP contribution in [-0.4, -0.2) is 66.9 Å². The number of unbranched alkanes of at least 4 members (excludes halogenated alkanes) is 3. The Morgan fingerprint density at radius 2 is 1.40 bits per heavy atom. The van der Waals surface area contributed by atoms with Crippen LogP contribution in [0, 0.1) is 0 Å². The number of nitrogens with one attached hydrogen (secondary N) is 1. The SMILES string of the molecule is C=CC(=O)OCCCCCCOC(=O)CCNCCC[Si](OCC)(OCC)OCC. The topological polar surface area (TPSA) is 92.3 Å². The molecule has 0 aromatic heterocycles. The summed E-state index contributed by atoms with van der Waals surface area (Å²) in [6, 6.07) is 0.757. The van der Waals surface area contributed by atoms with Crippen molar-refractivity contribution in [2.75, 3.05) is 46.1 Å². The van der Waals surface area contributed by atoms with Crippen LogP contribution in [0.15, 0.2) is 12.7 Å². The van der Waals surface area contributed by atoms with E-state index < -0.39 is 14.8 Å². The molecule has 0 aliphatic rings. The number of hydrogen-bond donors (Lipinski definition) is 1. The highest BCUT2D eigenvalue weighted by Gasteiger charge is 2.39. The molecule has 0 radical (unpaired) electrons. The molecule has 0 spiro atoms. The van der Waals surface area contributed by atoms with Gasteiger partial charge in [-0.25, -0.2) is 4.79 Å². The molecule has 1 N–H and O–H groups in total. The molecule has 9 heteroatoms. The smallest absolute Gasteiger partial charge is 0.466 e. The second-order valence-electron chi connectivity index (χ2n) is 6.59. The predicted molar refractivity (Wildman–Crippen MR) is 118 cm³/mol. The van der Waals surface area contributed by atoms with Crippen molar-refractivity contribution in [2.24, 2.45) is 0 Å². The molecule has 0 heterocycles. The fourth-order valence-electron chi connectivity index (χ4n) is 2.79. The Kier molecular flexibility index (Phi) is 18.9. The molecule has 0 unspecified atom stereocenters.